The molecule has 0 unspecified atom stereocenters. The lowest BCUT2D eigenvalue weighted by Gasteiger charge is -2.44. The highest BCUT2D eigenvalue weighted by Crippen LogP contribution is 2.49. The fourth-order valence-electron chi connectivity index (χ4n) is 12.7. The lowest BCUT2D eigenvalue weighted by Crippen LogP contribution is -2.61. The molecule has 0 fully saturated rings. The number of anilines is 6. The van der Waals surface area contributed by atoms with Gasteiger partial charge in [-0.25, -0.2) is 0 Å². The Balaban J connectivity index is 1.05. The molecule has 0 bridgehead atoms. The molecule has 332 valence electrons. The molecule has 6 heteroatoms. The number of aromatic nitrogens is 3. The van der Waals surface area contributed by atoms with Crippen LogP contribution in [-0.2, 0) is 0 Å². The van der Waals surface area contributed by atoms with Gasteiger partial charge >= 0.3 is 0 Å². The minimum Gasteiger partial charge on any atom is -0.311 e. The number of rotatable bonds is 4. The molecule has 0 amide bonds. The standard InChI is InChI=1S/C66H40BN5/c1-3-18-41(19-4-1)68-61-36-43(70-55-29-12-7-22-45(55)46-23-8-13-30-56(46)70)34-35-53(61)67-54-39-52-51-28-17-27-50-49-26-11-16-33-59(49)72(66(50)51)60(52)40-62(54)69(42-20-5-2-6-21-42)64-38-44(37-63(68)65(64)67)71-57-31-14-9-24-47(57)48-25-10-15-32-58(48)71/h1-40H/i7D,8D,12D,13D,22D,23D,29D,30D. The van der Waals surface area contributed by atoms with Crippen LogP contribution in [0.4, 0.5) is 34.1 Å². The molecule has 15 aromatic rings. The number of hydrogen-bond donors (Lipinski definition) is 0. The van der Waals surface area contributed by atoms with E-state index in [1.54, 1.807) is 4.57 Å². The van der Waals surface area contributed by atoms with Gasteiger partial charge in [0.25, 0.3) is 6.71 Å². The third-order valence-corrected chi connectivity index (χ3v) is 15.5. The van der Waals surface area contributed by atoms with Gasteiger partial charge in [-0.05, 0) is 101 Å². The summed E-state index contributed by atoms with van der Waals surface area (Å²) in [6, 6.07) is 65.4. The summed E-state index contributed by atoms with van der Waals surface area (Å²) in [7, 11) is 0. The van der Waals surface area contributed by atoms with Gasteiger partial charge < -0.3 is 23.3 Å². The molecule has 0 atom stereocenters. The molecule has 11 aromatic carbocycles. The largest absolute Gasteiger partial charge is 0.311 e. The van der Waals surface area contributed by atoms with Crippen LogP contribution < -0.4 is 26.2 Å². The zero-order chi connectivity index (χ0) is 53.7. The van der Waals surface area contributed by atoms with E-state index in [1.807, 2.05) is 30.3 Å². The van der Waals surface area contributed by atoms with E-state index >= 15 is 0 Å². The molecule has 17 rings (SSSR count). The van der Waals surface area contributed by atoms with Crippen LogP contribution in [0.25, 0.3) is 93.1 Å². The second-order valence-electron chi connectivity index (χ2n) is 19.1. The van der Waals surface area contributed by atoms with E-state index in [0.717, 1.165) is 99.8 Å². The first kappa shape index (κ1) is 31.6. The van der Waals surface area contributed by atoms with Gasteiger partial charge in [-0.15, -0.1) is 0 Å². The normalized spacial score (nSPS) is 14.8. The zero-order valence-corrected chi connectivity index (χ0v) is 38.3. The number of benzene rings is 11. The summed E-state index contributed by atoms with van der Waals surface area (Å²) >= 11 is 0. The second-order valence-corrected chi connectivity index (χ2v) is 19.1. The van der Waals surface area contributed by atoms with Gasteiger partial charge in [0, 0.05) is 82.9 Å². The lowest BCUT2D eigenvalue weighted by molar-refractivity contribution is 1.15. The SMILES string of the molecule is [2H]c1c([2H])c([2H])c2c(c1[2H])c1c([2H])c([2H])c([2H])c([2H])c1n2-c1ccc2c(c1)N(c1ccccc1)c1cc(-n3c4ccccc4c4ccccc43)cc3c1B2c1cc2c4cccc5c6ccccc6n(c2cc1N3c1ccccc1)c54. The predicted octanol–water partition coefficient (Wildman–Crippen LogP) is 15.1. The minimum absolute atomic E-state index is 0.0331. The quantitative estimate of drug-likeness (QED) is 0.164. The van der Waals surface area contributed by atoms with E-state index in [4.69, 9.17) is 5.48 Å². The van der Waals surface area contributed by atoms with Crippen LogP contribution in [0.3, 0.4) is 0 Å². The molecule has 0 N–H and O–H groups in total. The smallest absolute Gasteiger partial charge is 0.252 e. The molecule has 0 aliphatic carbocycles. The van der Waals surface area contributed by atoms with E-state index in [2.05, 4.69) is 183 Å². The number of hydrogen-bond acceptors (Lipinski definition) is 2. The Morgan fingerprint density at radius 1 is 0.306 bits per heavy atom. The first-order valence-electron chi connectivity index (χ1n) is 28.3. The predicted molar refractivity (Wildman–Crippen MR) is 304 cm³/mol. The fourth-order valence-corrected chi connectivity index (χ4v) is 12.7. The molecular weight excluding hydrogens is 874 g/mol. The number of fused-ring (bicyclic) bond motifs is 16. The fraction of sp³-hybridized carbons (Fsp3) is 0. The van der Waals surface area contributed by atoms with Crippen LogP contribution in [0.2, 0.25) is 0 Å². The van der Waals surface area contributed by atoms with Crippen LogP contribution in [0.15, 0.2) is 242 Å². The van der Waals surface area contributed by atoms with E-state index in [0.29, 0.717) is 5.69 Å². The van der Waals surface area contributed by atoms with Crippen molar-refractivity contribution in [1.82, 2.24) is 13.5 Å². The molecule has 2 aliphatic heterocycles. The average Bonchev–Trinajstić information content (AvgIpc) is 3.67. The van der Waals surface area contributed by atoms with Crippen LogP contribution in [-0.4, -0.2) is 20.2 Å². The van der Waals surface area contributed by atoms with Gasteiger partial charge in [0.15, 0.2) is 0 Å². The topological polar surface area (TPSA) is 20.8 Å². The highest BCUT2D eigenvalue weighted by molar-refractivity contribution is 7.00. The minimum atomic E-state index is -0.481. The summed E-state index contributed by atoms with van der Waals surface area (Å²) in [5.41, 5.74) is 15.9. The molecular formula is C66H40BN5. The van der Waals surface area contributed by atoms with Crippen LogP contribution in [0.5, 0.6) is 0 Å². The molecule has 0 radical (unpaired) electrons. The van der Waals surface area contributed by atoms with Crippen molar-refractivity contribution in [3.63, 3.8) is 0 Å². The summed E-state index contributed by atoms with van der Waals surface area (Å²) in [4.78, 5) is 4.74. The highest BCUT2D eigenvalue weighted by atomic mass is 15.2. The Bertz CT molecular complexity index is 5140. The van der Waals surface area contributed by atoms with E-state index < -0.39 is 24.2 Å². The Kier molecular flexibility index (Phi) is 6.17. The van der Waals surface area contributed by atoms with Crippen molar-refractivity contribution in [1.29, 1.82) is 0 Å². The van der Waals surface area contributed by atoms with E-state index in [1.165, 1.54) is 16.3 Å². The van der Waals surface area contributed by atoms with Gasteiger partial charge in [0.1, 0.15) is 0 Å². The molecule has 4 aromatic heterocycles. The highest BCUT2D eigenvalue weighted by Gasteiger charge is 2.44. The van der Waals surface area contributed by atoms with Crippen molar-refractivity contribution >= 4 is 139 Å². The molecule has 6 heterocycles. The summed E-state index contributed by atoms with van der Waals surface area (Å²) < 4.78 is 79.3. The molecule has 0 saturated carbocycles. The zero-order valence-electron chi connectivity index (χ0n) is 46.3. The molecule has 0 saturated heterocycles. The molecule has 5 nitrogen and oxygen atoms in total. The van der Waals surface area contributed by atoms with Crippen molar-refractivity contribution in [2.75, 3.05) is 9.80 Å². The third kappa shape index (κ3) is 4.92. The van der Waals surface area contributed by atoms with Crippen molar-refractivity contribution < 1.29 is 11.0 Å². The van der Waals surface area contributed by atoms with Crippen LogP contribution in [0.1, 0.15) is 11.0 Å². The Labute approximate surface area is 425 Å². The molecule has 0 spiro atoms. The van der Waals surface area contributed by atoms with Crippen molar-refractivity contribution in [2.45, 2.75) is 0 Å². The molecule has 2 aliphatic rings. The maximum Gasteiger partial charge on any atom is 0.252 e. The van der Waals surface area contributed by atoms with Gasteiger partial charge in [-0.3, -0.25) is 0 Å². The first-order chi connectivity index (χ1) is 39.1. The number of para-hydroxylation sites is 8. The van der Waals surface area contributed by atoms with Gasteiger partial charge in [-0.1, -0.05) is 158 Å². The average molecular weight is 922 g/mol. The Morgan fingerprint density at radius 3 is 1.42 bits per heavy atom. The third-order valence-electron chi connectivity index (χ3n) is 15.5. The van der Waals surface area contributed by atoms with Gasteiger partial charge in [0.05, 0.1) is 55.3 Å². The summed E-state index contributed by atoms with van der Waals surface area (Å²) in [5, 5.41) is 7.02. The van der Waals surface area contributed by atoms with Crippen molar-refractivity contribution in [2.24, 2.45) is 0 Å². The van der Waals surface area contributed by atoms with Crippen LogP contribution >= 0.6 is 0 Å². The lowest BCUT2D eigenvalue weighted by atomic mass is 9.33. The summed E-state index contributed by atoms with van der Waals surface area (Å²) in [5.74, 6) is 0. The second kappa shape index (κ2) is 14.1. The summed E-state index contributed by atoms with van der Waals surface area (Å²) in [6.45, 7) is -0.361. The van der Waals surface area contributed by atoms with Gasteiger partial charge in [0.2, 0.25) is 0 Å². The maximum atomic E-state index is 9.46. The molecule has 72 heavy (non-hydrogen) atoms. The Morgan fingerprint density at radius 2 is 0.792 bits per heavy atom. The van der Waals surface area contributed by atoms with E-state index in [-0.39, 0.29) is 52.7 Å². The van der Waals surface area contributed by atoms with Gasteiger partial charge in [-0.2, -0.15) is 0 Å². The summed E-state index contributed by atoms with van der Waals surface area (Å²) in [6.07, 6.45) is 0. The Hall–Kier alpha value is -9.52. The van der Waals surface area contributed by atoms with E-state index in [9.17, 15) is 5.48 Å². The van der Waals surface area contributed by atoms with Crippen molar-refractivity contribution in [3.05, 3.63) is 242 Å². The number of nitrogens with zero attached hydrogens (tertiary/aromatic N) is 5. The van der Waals surface area contributed by atoms with Crippen LogP contribution in [0, 0.1) is 0 Å². The van der Waals surface area contributed by atoms with Crippen molar-refractivity contribution in [3.8, 4) is 11.4 Å². The maximum absolute atomic E-state index is 9.46. The monoisotopic (exact) mass is 921 g/mol. The first-order valence-corrected chi connectivity index (χ1v) is 24.3.